The number of halogens is 2. The minimum atomic E-state index is -2.94. The van der Waals surface area contributed by atoms with Crippen LogP contribution in [0.1, 0.15) is 17.2 Å². The van der Waals surface area contributed by atoms with Crippen LogP contribution in [0.5, 0.6) is 11.5 Å². The summed E-state index contributed by atoms with van der Waals surface area (Å²) in [7, 11) is 1.51. The van der Waals surface area contributed by atoms with E-state index >= 15 is 0 Å². The molecule has 0 saturated carbocycles. The number of para-hydroxylation sites is 1. The molecule has 0 aromatic heterocycles. The minimum Gasteiger partial charge on any atom is -0.497 e. The van der Waals surface area contributed by atoms with E-state index in [4.69, 9.17) is 4.74 Å². The predicted molar refractivity (Wildman–Crippen MR) is 70.1 cm³/mol. The summed E-state index contributed by atoms with van der Waals surface area (Å²) in [5, 5.41) is 10.3. The molecule has 3 nitrogen and oxygen atoms in total. The molecule has 0 aliphatic rings. The van der Waals surface area contributed by atoms with Crippen molar-refractivity contribution in [3.63, 3.8) is 0 Å². The largest absolute Gasteiger partial charge is 0.497 e. The van der Waals surface area contributed by atoms with Crippen molar-refractivity contribution in [3.8, 4) is 11.5 Å². The zero-order chi connectivity index (χ0) is 14.5. The fourth-order valence-electron chi connectivity index (χ4n) is 1.90. The highest BCUT2D eigenvalue weighted by molar-refractivity contribution is 5.42. The Hall–Kier alpha value is -2.14. The Morgan fingerprint density at radius 2 is 1.80 bits per heavy atom. The first-order valence-corrected chi connectivity index (χ1v) is 5.97. The highest BCUT2D eigenvalue weighted by Crippen LogP contribution is 2.32. The van der Waals surface area contributed by atoms with Gasteiger partial charge < -0.3 is 14.6 Å². The predicted octanol–water partition coefficient (Wildman–Crippen LogP) is 3.38. The SMILES string of the molecule is COc1cccc(C(O)c2ccccc2OC(F)F)c1. The molecule has 0 radical (unpaired) electrons. The van der Waals surface area contributed by atoms with Crippen LogP contribution in [-0.2, 0) is 0 Å². The van der Waals surface area contributed by atoms with E-state index in [1.807, 2.05) is 0 Å². The quantitative estimate of drug-likeness (QED) is 0.912. The van der Waals surface area contributed by atoms with E-state index in [9.17, 15) is 13.9 Å². The molecule has 0 spiro atoms. The molecule has 0 heterocycles. The van der Waals surface area contributed by atoms with Crippen LogP contribution in [0, 0.1) is 0 Å². The maximum absolute atomic E-state index is 12.4. The van der Waals surface area contributed by atoms with E-state index in [1.165, 1.54) is 13.2 Å². The maximum atomic E-state index is 12.4. The van der Waals surface area contributed by atoms with Crippen LogP contribution in [-0.4, -0.2) is 18.8 Å². The molecule has 5 heteroatoms. The Bertz CT molecular complexity index is 573. The smallest absolute Gasteiger partial charge is 0.387 e. The Morgan fingerprint density at radius 1 is 1.05 bits per heavy atom. The number of aliphatic hydroxyl groups is 1. The van der Waals surface area contributed by atoms with Crippen LogP contribution in [0.25, 0.3) is 0 Å². The van der Waals surface area contributed by atoms with E-state index in [0.717, 1.165) is 0 Å². The van der Waals surface area contributed by atoms with Crippen LogP contribution >= 0.6 is 0 Å². The standard InChI is InChI=1S/C15H14F2O3/c1-19-11-6-4-5-10(9-11)14(18)12-7-2-3-8-13(12)20-15(16)17/h2-9,14-15,18H,1H3. The molecule has 0 aliphatic heterocycles. The van der Waals surface area contributed by atoms with Gasteiger partial charge in [-0.25, -0.2) is 0 Å². The zero-order valence-corrected chi connectivity index (χ0v) is 10.8. The van der Waals surface area contributed by atoms with Crippen molar-refractivity contribution < 1.29 is 23.4 Å². The third-order valence-corrected chi connectivity index (χ3v) is 2.84. The van der Waals surface area contributed by atoms with E-state index in [-0.39, 0.29) is 11.3 Å². The molecule has 0 aliphatic carbocycles. The monoisotopic (exact) mass is 280 g/mol. The van der Waals surface area contributed by atoms with Gasteiger partial charge in [-0.2, -0.15) is 8.78 Å². The van der Waals surface area contributed by atoms with Crippen LogP contribution < -0.4 is 9.47 Å². The van der Waals surface area contributed by atoms with Gasteiger partial charge in [0, 0.05) is 5.56 Å². The summed E-state index contributed by atoms with van der Waals surface area (Å²) < 4.78 is 34.2. The summed E-state index contributed by atoms with van der Waals surface area (Å²) in [6.07, 6.45) is -1.07. The summed E-state index contributed by atoms with van der Waals surface area (Å²) in [6.45, 7) is -2.94. The lowest BCUT2D eigenvalue weighted by atomic mass is 10.0. The fraction of sp³-hybridized carbons (Fsp3) is 0.200. The number of alkyl halides is 2. The molecular formula is C15H14F2O3. The lowest BCUT2D eigenvalue weighted by Gasteiger charge is -2.16. The molecule has 0 fully saturated rings. The van der Waals surface area contributed by atoms with Gasteiger partial charge in [-0.15, -0.1) is 0 Å². The number of hydrogen-bond donors (Lipinski definition) is 1. The molecule has 1 N–H and O–H groups in total. The van der Waals surface area contributed by atoms with Crippen molar-refractivity contribution in [2.45, 2.75) is 12.7 Å². The topological polar surface area (TPSA) is 38.7 Å². The molecular weight excluding hydrogens is 266 g/mol. The summed E-state index contributed by atoms with van der Waals surface area (Å²) in [5.74, 6) is 0.534. The first kappa shape index (κ1) is 14.3. The van der Waals surface area contributed by atoms with Crippen molar-refractivity contribution in [1.29, 1.82) is 0 Å². The highest BCUT2D eigenvalue weighted by atomic mass is 19.3. The number of benzene rings is 2. The first-order valence-electron chi connectivity index (χ1n) is 5.97. The molecule has 20 heavy (non-hydrogen) atoms. The fourth-order valence-corrected chi connectivity index (χ4v) is 1.90. The molecule has 2 aromatic carbocycles. The number of hydrogen-bond acceptors (Lipinski definition) is 3. The molecule has 106 valence electrons. The average molecular weight is 280 g/mol. The maximum Gasteiger partial charge on any atom is 0.387 e. The Morgan fingerprint density at radius 3 is 2.50 bits per heavy atom. The average Bonchev–Trinajstić information content (AvgIpc) is 2.46. The third-order valence-electron chi connectivity index (χ3n) is 2.84. The van der Waals surface area contributed by atoms with Gasteiger partial charge in [0.25, 0.3) is 0 Å². The second-order valence-electron chi connectivity index (χ2n) is 4.10. The summed E-state index contributed by atoms with van der Waals surface area (Å²) in [6, 6.07) is 12.9. The molecule has 0 amide bonds. The molecule has 1 unspecified atom stereocenters. The van der Waals surface area contributed by atoms with Crippen LogP contribution in [0.4, 0.5) is 8.78 Å². The Balaban J connectivity index is 2.34. The zero-order valence-electron chi connectivity index (χ0n) is 10.8. The van der Waals surface area contributed by atoms with Crippen LogP contribution in [0.2, 0.25) is 0 Å². The Labute approximate surface area is 115 Å². The summed E-state index contributed by atoms with van der Waals surface area (Å²) >= 11 is 0. The number of aliphatic hydroxyl groups excluding tert-OH is 1. The van der Waals surface area contributed by atoms with Crippen molar-refractivity contribution in [1.82, 2.24) is 0 Å². The van der Waals surface area contributed by atoms with E-state index in [1.54, 1.807) is 42.5 Å². The molecule has 1 atom stereocenters. The van der Waals surface area contributed by atoms with E-state index < -0.39 is 12.7 Å². The second kappa shape index (κ2) is 6.34. The van der Waals surface area contributed by atoms with Gasteiger partial charge in [0.15, 0.2) is 0 Å². The number of rotatable bonds is 5. The lowest BCUT2D eigenvalue weighted by Crippen LogP contribution is -2.08. The van der Waals surface area contributed by atoms with Gasteiger partial charge in [-0.3, -0.25) is 0 Å². The van der Waals surface area contributed by atoms with Gasteiger partial charge in [0.1, 0.15) is 17.6 Å². The first-order chi connectivity index (χ1) is 9.61. The highest BCUT2D eigenvalue weighted by Gasteiger charge is 2.17. The van der Waals surface area contributed by atoms with Crippen molar-refractivity contribution in [3.05, 3.63) is 59.7 Å². The summed E-state index contributed by atoms with van der Waals surface area (Å²) in [5.41, 5.74) is 0.815. The minimum absolute atomic E-state index is 0.0437. The molecule has 0 saturated heterocycles. The van der Waals surface area contributed by atoms with Crippen molar-refractivity contribution in [2.24, 2.45) is 0 Å². The summed E-state index contributed by atoms with van der Waals surface area (Å²) in [4.78, 5) is 0. The molecule has 2 aromatic rings. The van der Waals surface area contributed by atoms with Gasteiger partial charge in [0.05, 0.1) is 7.11 Å². The molecule has 0 bridgehead atoms. The third kappa shape index (κ3) is 3.24. The second-order valence-corrected chi connectivity index (χ2v) is 4.10. The van der Waals surface area contributed by atoms with Gasteiger partial charge >= 0.3 is 6.61 Å². The number of methoxy groups -OCH3 is 1. The molecule has 2 rings (SSSR count). The van der Waals surface area contributed by atoms with Gasteiger partial charge in [0.2, 0.25) is 0 Å². The number of ether oxygens (including phenoxy) is 2. The van der Waals surface area contributed by atoms with E-state index in [2.05, 4.69) is 4.74 Å². The Kier molecular flexibility index (Phi) is 4.53. The van der Waals surface area contributed by atoms with Gasteiger partial charge in [-0.05, 0) is 23.8 Å². The van der Waals surface area contributed by atoms with E-state index in [0.29, 0.717) is 11.3 Å². The van der Waals surface area contributed by atoms with Crippen LogP contribution in [0.3, 0.4) is 0 Å². The lowest BCUT2D eigenvalue weighted by molar-refractivity contribution is -0.0512. The normalized spacial score (nSPS) is 12.2. The van der Waals surface area contributed by atoms with Crippen LogP contribution in [0.15, 0.2) is 48.5 Å². The van der Waals surface area contributed by atoms with Gasteiger partial charge in [-0.1, -0.05) is 30.3 Å². The van der Waals surface area contributed by atoms with Crippen molar-refractivity contribution >= 4 is 0 Å². The van der Waals surface area contributed by atoms with Crippen molar-refractivity contribution in [2.75, 3.05) is 7.11 Å².